The second-order valence-corrected chi connectivity index (χ2v) is 6.05. The van der Waals surface area contributed by atoms with E-state index in [0.717, 1.165) is 15.6 Å². The Balaban J connectivity index is 2.92. The molecule has 0 aliphatic heterocycles. The van der Waals surface area contributed by atoms with E-state index in [1.807, 2.05) is 0 Å². The zero-order valence-electron chi connectivity index (χ0n) is 10.7. The van der Waals surface area contributed by atoms with E-state index in [9.17, 15) is 4.79 Å². The number of methoxy groups -OCH3 is 1. The Morgan fingerprint density at radius 2 is 2.12 bits per heavy atom. The Morgan fingerprint density at radius 3 is 2.59 bits per heavy atom. The number of ether oxygens (including phenoxy) is 1. The second kappa shape index (κ2) is 5.60. The Morgan fingerprint density at radius 1 is 1.47 bits per heavy atom. The minimum absolute atomic E-state index is 0.00533. The highest BCUT2D eigenvalue weighted by molar-refractivity contribution is 7.11. The smallest absolute Gasteiger partial charge is 0.303 e. The molecule has 0 aliphatic carbocycles. The lowest BCUT2D eigenvalue weighted by molar-refractivity contribution is -0.136. The molecule has 4 nitrogen and oxygen atoms in total. The highest BCUT2D eigenvalue weighted by Crippen LogP contribution is 2.30. The van der Waals surface area contributed by atoms with Crippen LogP contribution in [0.15, 0.2) is 0 Å². The first-order valence-electron chi connectivity index (χ1n) is 5.54. The van der Waals surface area contributed by atoms with Gasteiger partial charge in [-0.2, -0.15) is 0 Å². The minimum Gasteiger partial charge on any atom is -0.481 e. The van der Waals surface area contributed by atoms with Gasteiger partial charge in [0.25, 0.3) is 0 Å². The summed E-state index contributed by atoms with van der Waals surface area (Å²) in [7, 11) is 1.62. The molecule has 0 unspecified atom stereocenters. The van der Waals surface area contributed by atoms with Crippen LogP contribution in [0.5, 0.6) is 0 Å². The molecule has 96 valence electrons. The molecule has 0 saturated carbocycles. The maximum Gasteiger partial charge on any atom is 0.303 e. The highest BCUT2D eigenvalue weighted by Gasteiger charge is 2.21. The second-order valence-electron chi connectivity index (χ2n) is 4.97. The lowest BCUT2D eigenvalue weighted by Gasteiger charge is -2.13. The van der Waals surface area contributed by atoms with Crippen LogP contribution in [0.3, 0.4) is 0 Å². The first kappa shape index (κ1) is 14.1. The third-order valence-electron chi connectivity index (χ3n) is 2.27. The number of thiazole rings is 1. The van der Waals surface area contributed by atoms with E-state index in [4.69, 9.17) is 9.84 Å². The van der Waals surface area contributed by atoms with Crippen molar-refractivity contribution in [3.63, 3.8) is 0 Å². The first-order chi connectivity index (χ1) is 7.84. The molecule has 0 amide bonds. The van der Waals surface area contributed by atoms with E-state index < -0.39 is 5.97 Å². The summed E-state index contributed by atoms with van der Waals surface area (Å²) in [5.41, 5.74) is 0.873. The quantitative estimate of drug-likeness (QED) is 0.880. The topological polar surface area (TPSA) is 59.4 Å². The number of hydrogen-bond acceptors (Lipinski definition) is 4. The number of rotatable bonds is 5. The third kappa shape index (κ3) is 4.09. The van der Waals surface area contributed by atoms with Gasteiger partial charge in [0.15, 0.2) is 0 Å². The summed E-state index contributed by atoms with van der Waals surface area (Å²) in [6, 6.07) is 0. The average molecular weight is 257 g/mol. The van der Waals surface area contributed by atoms with Crippen LogP contribution >= 0.6 is 11.3 Å². The third-order valence-corrected chi connectivity index (χ3v) is 3.85. The molecular formula is C12H19NO3S. The summed E-state index contributed by atoms with van der Waals surface area (Å²) in [4.78, 5) is 16.2. The molecule has 0 aliphatic rings. The molecule has 1 aromatic heterocycles. The Bertz CT molecular complexity index is 393. The van der Waals surface area contributed by atoms with Crippen LogP contribution in [0, 0.1) is 0 Å². The Hall–Kier alpha value is -0.940. The predicted octanol–water partition coefficient (Wildman–Crippen LogP) is 2.60. The van der Waals surface area contributed by atoms with E-state index in [-0.39, 0.29) is 11.8 Å². The van der Waals surface area contributed by atoms with Gasteiger partial charge in [0.1, 0.15) is 0 Å². The maximum atomic E-state index is 10.6. The van der Waals surface area contributed by atoms with Gasteiger partial charge in [-0.25, -0.2) is 4.98 Å². The van der Waals surface area contributed by atoms with Gasteiger partial charge in [0.05, 0.1) is 23.7 Å². The summed E-state index contributed by atoms with van der Waals surface area (Å²) in [6.45, 7) is 6.75. The number of hydrogen-bond donors (Lipinski definition) is 1. The molecule has 0 aromatic carbocycles. The van der Waals surface area contributed by atoms with Gasteiger partial charge in [-0.15, -0.1) is 11.3 Å². The highest BCUT2D eigenvalue weighted by atomic mass is 32.1. The van der Waals surface area contributed by atoms with E-state index in [2.05, 4.69) is 25.8 Å². The largest absolute Gasteiger partial charge is 0.481 e. The number of carboxylic acid groups (broad SMARTS) is 1. The molecule has 17 heavy (non-hydrogen) atoms. The number of carboxylic acids is 1. The molecule has 1 rings (SSSR count). The van der Waals surface area contributed by atoms with Crippen molar-refractivity contribution in [2.75, 3.05) is 7.11 Å². The van der Waals surface area contributed by atoms with Crippen LogP contribution in [0.1, 0.15) is 42.8 Å². The van der Waals surface area contributed by atoms with Crippen LogP contribution in [-0.2, 0) is 28.0 Å². The molecule has 0 radical (unpaired) electrons. The van der Waals surface area contributed by atoms with Crippen molar-refractivity contribution in [1.29, 1.82) is 0 Å². The molecular weight excluding hydrogens is 238 g/mol. The summed E-state index contributed by atoms with van der Waals surface area (Å²) >= 11 is 1.59. The summed E-state index contributed by atoms with van der Waals surface area (Å²) in [5.74, 6) is -0.779. The van der Waals surface area contributed by atoms with Gasteiger partial charge < -0.3 is 9.84 Å². The molecule has 0 spiro atoms. The van der Waals surface area contributed by atoms with Crippen molar-refractivity contribution in [2.24, 2.45) is 0 Å². The maximum absolute atomic E-state index is 10.6. The predicted molar refractivity (Wildman–Crippen MR) is 67.5 cm³/mol. The number of aromatic nitrogens is 1. The van der Waals surface area contributed by atoms with Crippen molar-refractivity contribution in [1.82, 2.24) is 4.98 Å². The molecule has 1 aromatic rings. The lowest BCUT2D eigenvalue weighted by Crippen LogP contribution is -2.10. The summed E-state index contributed by atoms with van der Waals surface area (Å²) in [6.07, 6.45) is 0.671. The van der Waals surface area contributed by atoms with E-state index in [1.54, 1.807) is 18.4 Å². The minimum atomic E-state index is -0.779. The standard InChI is InChI=1S/C12H19NO3S/c1-12(2,3)11-13-8(7-16-4)9(17-11)5-6-10(14)15/h5-7H2,1-4H3,(H,14,15). The molecule has 5 heteroatoms. The molecule has 0 atom stereocenters. The van der Waals surface area contributed by atoms with Gasteiger partial charge in [-0.1, -0.05) is 20.8 Å². The van der Waals surface area contributed by atoms with Gasteiger partial charge in [-0.05, 0) is 6.42 Å². The van der Waals surface area contributed by atoms with Gasteiger partial charge in [0.2, 0.25) is 0 Å². The van der Waals surface area contributed by atoms with Crippen molar-refractivity contribution in [2.45, 2.75) is 45.6 Å². The molecule has 0 saturated heterocycles. The van der Waals surface area contributed by atoms with Crippen LogP contribution < -0.4 is 0 Å². The molecule has 1 heterocycles. The summed E-state index contributed by atoms with van der Waals surface area (Å²) in [5, 5.41) is 9.75. The molecule has 0 fully saturated rings. The fourth-order valence-corrected chi connectivity index (χ4v) is 2.49. The van der Waals surface area contributed by atoms with E-state index in [0.29, 0.717) is 13.0 Å². The lowest BCUT2D eigenvalue weighted by atomic mass is 9.98. The van der Waals surface area contributed by atoms with Crippen molar-refractivity contribution in [3.05, 3.63) is 15.6 Å². The van der Waals surface area contributed by atoms with E-state index in [1.165, 1.54) is 0 Å². The van der Waals surface area contributed by atoms with Crippen molar-refractivity contribution < 1.29 is 14.6 Å². The normalized spacial score (nSPS) is 11.8. The number of nitrogens with zero attached hydrogens (tertiary/aromatic N) is 1. The van der Waals surface area contributed by atoms with Crippen molar-refractivity contribution in [3.8, 4) is 0 Å². The number of carbonyl (C=O) groups is 1. The number of aliphatic carboxylic acids is 1. The Labute approximate surface area is 106 Å². The van der Waals surface area contributed by atoms with Crippen LogP contribution in [0.2, 0.25) is 0 Å². The van der Waals surface area contributed by atoms with Crippen LogP contribution in [0.4, 0.5) is 0 Å². The monoisotopic (exact) mass is 257 g/mol. The first-order valence-corrected chi connectivity index (χ1v) is 6.36. The van der Waals surface area contributed by atoms with Gasteiger partial charge >= 0.3 is 5.97 Å². The van der Waals surface area contributed by atoms with Gasteiger partial charge in [-0.3, -0.25) is 4.79 Å². The number of aryl methyl sites for hydroxylation is 1. The van der Waals surface area contributed by atoms with Crippen LogP contribution in [-0.4, -0.2) is 23.2 Å². The van der Waals surface area contributed by atoms with Crippen LogP contribution in [0.25, 0.3) is 0 Å². The fraction of sp³-hybridized carbons (Fsp3) is 0.667. The van der Waals surface area contributed by atoms with E-state index >= 15 is 0 Å². The zero-order chi connectivity index (χ0) is 13.1. The van der Waals surface area contributed by atoms with Gasteiger partial charge in [0, 0.05) is 17.4 Å². The fourth-order valence-electron chi connectivity index (χ4n) is 1.37. The average Bonchev–Trinajstić information content (AvgIpc) is 2.58. The summed E-state index contributed by atoms with van der Waals surface area (Å²) < 4.78 is 5.10. The molecule has 0 bridgehead atoms. The SMILES string of the molecule is COCc1nc(C(C)(C)C)sc1CCC(=O)O. The van der Waals surface area contributed by atoms with Crippen molar-refractivity contribution >= 4 is 17.3 Å². The molecule has 1 N–H and O–H groups in total. The zero-order valence-corrected chi connectivity index (χ0v) is 11.6. The Kier molecular flexibility index (Phi) is 4.65.